The van der Waals surface area contributed by atoms with Gasteiger partial charge in [-0.05, 0) is 44.2 Å². The van der Waals surface area contributed by atoms with Gasteiger partial charge in [0.15, 0.2) is 5.78 Å². The standard InChI is InChI=1S/C22H29BrN4O3/c1-2-26-13-18(20(24)22(25)30)27-19(28)12-9-14-5-3-4-6-17(14)21(29)15-7-10-16(23)11-8-15/h7-8,10-11,13-14,17,24,26H,2-6,9,12H2,1H3,(H2,25,30)(H,27,28)/b18-13+,24-20?. The summed E-state index contributed by atoms with van der Waals surface area (Å²) in [6.07, 6.45) is 6.01. The number of rotatable bonds is 10. The molecule has 0 heterocycles. The quantitative estimate of drug-likeness (QED) is 0.305. The van der Waals surface area contributed by atoms with Crippen molar-refractivity contribution < 1.29 is 14.4 Å². The Morgan fingerprint density at radius 1 is 1.20 bits per heavy atom. The van der Waals surface area contributed by atoms with Gasteiger partial charge in [0.25, 0.3) is 5.91 Å². The molecule has 2 amide bonds. The number of amides is 2. The van der Waals surface area contributed by atoms with Crippen LogP contribution in [0.3, 0.4) is 0 Å². The summed E-state index contributed by atoms with van der Waals surface area (Å²) in [7, 11) is 0. The Hall–Kier alpha value is -2.48. The number of hydrogen-bond donors (Lipinski definition) is 4. The van der Waals surface area contributed by atoms with Gasteiger partial charge in [0.05, 0.1) is 5.70 Å². The molecule has 1 aliphatic carbocycles. The van der Waals surface area contributed by atoms with Gasteiger partial charge in [-0.1, -0.05) is 40.9 Å². The predicted octanol–water partition coefficient (Wildman–Crippen LogP) is 3.29. The average molecular weight is 477 g/mol. The number of nitrogens with one attached hydrogen (secondary N) is 3. The maximum atomic E-state index is 13.0. The van der Waals surface area contributed by atoms with E-state index in [4.69, 9.17) is 11.1 Å². The lowest BCUT2D eigenvalue weighted by atomic mass is 9.73. The Morgan fingerprint density at radius 3 is 2.50 bits per heavy atom. The molecule has 1 aliphatic rings. The minimum atomic E-state index is -0.910. The largest absolute Gasteiger partial charge is 0.389 e. The molecule has 0 saturated heterocycles. The van der Waals surface area contributed by atoms with Crippen LogP contribution in [0.5, 0.6) is 0 Å². The summed E-state index contributed by atoms with van der Waals surface area (Å²) in [4.78, 5) is 36.8. The van der Waals surface area contributed by atoms with Gasteiger partial charge in [-0.15, -0.1) is 0 Å². The minimum absolute atomic E-state index is 0.0560. The number of carbonyl (C=O) groups is 3. The van der Waals surface area contributed by atoms with Crippen molar-refractivity contribution in [2.24, 2.45) is 17.6 Å². The molecule has 7 nitrogen and oxygen atoms in total. The lowest BCUT2D eigenvalue weighted by Gasteiger charge is -2.30. The van der Waals surface area contributed by atoms with Gasteiger partial charge < -0.3 is 16.4 Å². The summed E-state index contributed by atoms with van der Waals surface area (Å²) in [6.45, 7) is 2.43. The van der Waals surface area contributed by atoms with Crippen LogP contribution in [-0.2, 0) is 9.59 Å². The molecule has 5 N–H and O–H groups in total. The Labute approximate surface area is 185 Å². The second-order valence-electron chi connectivity index (χ2n) is 7.46. The van der Waals surface area contributed by atoms with Gasteiger partial charge in [0, 0.05) is 35.1 Å². The summed E-state index contributed by atoms with van der Waals surface area (Å²) in [5.74, 6) is -1.03. The average Bonchev–Trinajstić information content (AvgIpc) is 2.74. The first kappa shape index (κ1) is 23.8. The lowest BCUT2D eigenvalue weighted by molar-refractivity contribution is -0.120. The van der Waals surface area contributed by atoms with Crippen molar-refractivity contribution >= 4 is 39.2 Å². The van der Waals surface area contributed by atoms with Crippen LogP contribution in [0.4, 0.5) is 0 Å². The minimum Gasteiger partial charge on any atom is -0.389 e. The van der Waals surface area contributed by atoms with E-state index in [0.717, 1.165) is 30.2 Å². The molecule has 0 spiro atoms. The highest BCUT2D eigenvalue weighted by molar-refractivity contribution is 9.10. The third-order valence-electron chi connectivity index (χ3n) is 5.36. The van der Waals surface area contributed by atoms with E-state index in [2.05, 4.69) is 26.6 Å². The molecule has 1 aromatic carbocycles. The molecule has 1 aromatic rings. The first-order valence-corrected chi connectivity index (χ1v) is 11.0. The highest BCUT2D eigenvalue weighted by Crippen LogP contribution is 2.35. The highest BCUT2D eigenvalue weighted by Gasteiger charge is 2.31. The zero-order chi connectivity index (χ0) is 22.1. The fourth-order valence-electron chi connectivity index (χ4n) is 3.76. The van der Waals surface area contributed by atoms with Crippen LogP contribution in [0.15, 0.2) is 40.6 Å². The third-order valence-corrected chi connectivity index (χ3v) is 5.89. The summed E-state index contributed by atoms with van der Waals surface area (Å²) >= 11 is 3.39. The number of primary amides is 1. The Kier molecular flexibility index (Phi) is 9.23. The fraction of sp³-hybridized carbons (Fsp3) is 0.455. The van der Waals surface area contributed by atoms with E-state index in [0.29, 0.717) is 18.5 Å². The zero-order valence-corrected chi connectivity index (χ0v) is 18.8. The summed E-state index contributed by atoms with van der Waals surface area (Å²) < 4.78 is 0.930. The number of Topliss-reactive ketones (excluding diaryl/α,β-unsaturated/α-hetero) is 1. The van der Waals surface area contributed by atoms with E-state index >= 15 is 0 Å². The van der Waals surface area contributed by atoms with Gasteiger partial charge in [-0.25, -0.2) is 0 Å². The van der Waals surface area contributed by atoms with Crippen LogP contribution in [0.1, 0.15) is 55.8 Å². The molecule has 30 heavy (non-hydrogen) atoms. The second kappa shape index (κ2) is 11.6. The molecule has 2 atom stereocenters. The normalized spacial score (nSPS) is 19.1. The number of nitrogens with two attached hydrogens (primary N) is 1. The van der Waals surface area contributed by atoms with Crippen molar-refractivity contribution in [2.75, 3.05) is 6.54 Å². The fourth-order valence-corrected chi connectivity index (χ4v) is 4.03. The van der Waals surface area contributed by atoms with E-state index in [1.54, 1.807) is 0 Å². The number of halogens is 1. The van der Waals surface area contributed by atoms with E-state index in [-0.39, 0.29) is 35.6 Å². The van der Waals surface area contributed by atoms with Crippen molar-refractivity contribution in [3.05, 3.63) is 46.2 Å². The van der Waals surface area contributed by atoms with Gasteiger partial charge >= 0.3 is 0 Å². The third kappa shape index (κ3) is 6.79. The maximum Gasteiger partial charge on any atom is 0.268 e. The molecule has 1 fully saturated rings. The highest BCUT2D eigenvalue weighted by atomic mass is 79.9. The Morgan fingerprint density at radius 2 is 1.87 bits per heavy atom. The van der Waals surface area contributed by atoms with Crippen LogP contribution < -0.4 is 16.4 Å². The van der Waals surface area contributed by atoms with Crippen LogP contribution >= 0.6 is 15.9 Å². The Balaban J connectivity index is 2.00. The first-order chi connectivity index (χ1) is 14.3. The number of benzene rings is 1. The molecular formula is C22H29BrN4O3. The molecule has 162 valence electrons. The zero-order valence-electron chi connectivity index (χ0n) is 17.2. The van der Waals surface area contributed by atoms with Crippen LogP contribution in [-0.4, -0.2) is 29.9 Å². The smallest absolute Gasteiger partial charge is 0.268 e. The lowest BCUT2D eigenvalue weighted by Crippen LogP contribution is -2.35. The van der Waals surface area contributed by atoms with E-state index < -0.39 is 11.6 Å². The summed E-state index contributed by atoms with van der Waals surface area (Å²) in [5, 5.41) is 13.2. The molecule has 2 rings (SSSR count). The number of carbonyl (C=O) groups excluding carboxylic acids is 3. The molecule has 0 aliphatic heterocycles. The molecule has 8 heteroatoms. The number of hydrogen-bond acceptors (Lipinski definition) is 5. The van der Waals surface area contributed by atoms with Crippen LogP contribution in [0.2, 0.25) is 0 Å². The molecule has 2 unspecified atom stereocenters. The van der Waals surface area contributed by atoms with Crippen molar-refractivity contribution in [3.63, 3.8) is 0 Å². The first-order valence-electron chi connectivity index (χ1n) is 10.2. The van der Waals surface area contributed by atoms with E-state index in [9.17, 15) is 14.4 Å². The summed E-state index contributed by atoms with van der Waals surface area (Å²) in [5.41, 5.74) is 5.47. The molecular weight excluding hydrogens is 448 g/mol. The summed E-state index contributed by atoms with van der Waals surface area (Å²) in [6, 6.07) is 7.39. The van der Waals surface area contributed by atoms with Crippen molar-refractivity contribution in [3.8, 4) is 0 Å². The predicted molar refractivity (Wildman–Crippen MR) is 120 cm³/mol. The molecule has 0 aromatic heterocycles. The topological polar surface area (TPSA) is 125 Å². The molecule has 0 radical (unpaired) electrons. The second-order valence-corrected chi connectivity index (χ2v) is 8.38. The van der Waals surface area contributed by atoms with Gasteiger partial charge in [0.2, 0.25) is 5.91 Å². The van der Waals surface area contributed by atoms with Crippen molar-refractivity contribution in [2.45, 2.75) is 45.4 Å². The van der Waals surface area contributed by atoms with Gasteiger partial charge in [0.1, 0.15) is 5.71 Å². The Bertz CT molecular complexity index is 820. The molecule has 1 saturated carbocycles. The monoisotopic (exact) mass is 476 g/mol. The maximum absolute atomic E-state index is 13.0. The SMILES string of the molecule is CCN/C=C(/NC(=O)CCC1CCCCC1C(=O)c1ccc(Br)cc1)C(=N)C(N)=O. The number of ketones is 1. The van der Waals surface area contributed by atoms with E-state index in [1.165, 1.54) is 6.20 Å². The van der Waals surface area contributed by atoms with Crippen LogP contribution in [0, 0.1) is 17.2 Å². The molecule has 0 bridgehead atoms. The van der Waals surface area contributed by atoms with Crippen molar-refractivity contribution in [1.82, 2.24) is 10.6 Å². The van der Waals surface area contributed by atoms with Crippen LogP contribution in [0.25, 0.3) is 0 Å². The van der Waals surface area contributed by atoms with Gasteiger partial charge in [-0.2, -0.15) is 0 Å². The van der Waals surface area contributed by atoms with E-state index in [1.807, 2.05) is 31.2 Å². The van der Waals surface area contributed by atoms with Crippen molar-refractivity contribution in [1.29, 1.82) is 5.41 Å². The van der Waals surface area contributed by atoms with Gasteiger partial charge in [-0.3, -0.25) is 19.8 Å².